The second-order valence-corrected chi connectivity index (χ2v) is 5.96. The van der Waals surface area contributed by atoms with Crippen LogP contribution in [-0.4, -0.2) is 16.9 Å². The van der Waals surface area contributed by atoms with Gasteiger partial charge >= 0.3 is 0 Å². The van der Waals surface area contributed by atoms with Gasteiger partial charge in [-0.1, -0.05) is 19.3 Å². The molecule has 1 saturated carbocycles. The van der Waals surface area contributed by atoms with Crippen LogP contribution >= 0.6 is 12.2 Å². The van der Waals surface area contributed by atoms with E-state index in [0.29, 0.717) is 5.76 Å². The summed E-state index contributed by atoms with van der Waals surface area (Å²) in [6.45, 7) is 1.82. The summed E-state index contributed by atoms with van der Waals surface area (Å²) >= 11 is 4.97. The summed E-state index contributed by atoms with van der Waals surface area (Å²) < 4.78 is 5.31. The van der Waals surface area contributed by atoms with Crippen molar-refractivity contribution in [2.75, 3.05) is 0 Å². The Hall–Kier alpha value is -2.15. The van der Waals surface area contributed by atoms with Crippen molar-refractivity contribution < 1.29 is 14.0 Å². The fourth-order valence-corrected chi connectivity index (χ4v) is 2.62. The standard InChI is InChI=1S/C16H21N3O3S/c1-11-7-8-13(22-11)9-10-14(20)17-16(23)19-18-15(21)12-5-3-2-4-6-12/h7-10,12H,2-6H2,1H3,(H,18,21)(H2,17,19,20,23)/b10-9+. The molecule has 1 aromatic heterocycles. The van der Waals surface area contributed by atoms with Crippen molar-refractivity contribution in [3.63, 3.8) is 0 Å². The monoisotopic (exact) mass is 335 g/mol. The van der Waals surface area contributed by atoms with Crippen LogP contribution in [0.3, 0.4) is 0 Å². The molecule has 2 rings (SSSR count). The normalized spacial score (nSPS) is 15.3. The molecular formula is C16H21N3O3S. The van der Waals surface area contributed by atoms with Crippen molar-refractivity contribution in [2.24, 2.45) is 5.92 Å². The van der Waals surface area contributed by atoms with Crippen LogP contribution in [0.2, 0.25) is 0 Å². The highest BCUT2D eigenvalue weighted by molar-refractivity contribution is 7.80. The smallest absolute Gasteiger partial charge is 0.250 e. The van der Waals surface area contributed by atoms with E-state index in [9.17, 15) is 9.59 Å². The van der Waals surface area contributed by atoms with Gasteiger partial charge in [-0.05, 0) is 50.2 Å². The SMILES string of the molecule is Cc1ccc(/C=C/C(=O)NC(=S)NNC(=O)C2CCCCC2)o1. The van der Waals surface area contributed by atoms with Crippen LogP contribution in [0.5, 0.6) is 0 Å². The van der Waals surface area contributed by atoms with E-state index in [2.05, 4.69) is 16.2 Å². The van der Waals surface area contributed by atoms with Crippen molar-refractivity contribution in [1.82, 2.24) is 16.2 Å². The third-order valence-corrected chi connectivity index (χ3v) is 3.88. The van der Waals surface area contributed by atoms with E-state index < -0.39 is 5.91 Å². The lowest BCUT2D eigenvalue weighted by atomic mass is 9.89. The lowest BCUT2D eigenvalue weighted by Crippen LogP contribution is -2.50. The Morgan fingerprint density at radius 2 is 1.96 bits per heavy atom. The van der Waals surface area contributed by atoms with E-state index >= 15 is 0 Å². The fourth-order valence-electron chi connectivity index (χ4n) is 2.47. The van der Waals surface area contributed by atoms with Crippen molar-refractivity contribution in [2.45, 2.75) is 39.0 Å². The number of carbonyl (C=O) groups excluding carboxylic acids is 2. The van der Waals surface area contributed by atoms with Gasteiger partial charge in [-0.15, -0.1) is 0 Å². The predicted octanol–water partition coefficient (Wildman–Crippen LogP) is 2.20. The highest BCUT2D eigenvalue weighted by Crippen LogP contribution is 2.23. The van der Waals surface area contributed by atoms with Gasteiger partial charge in [0.25, 0.3) is 0 Å². The molecule has 6 nitrogen and oxygen atoms in total. The second kappa shape index (κ2) is 8.47. The van der Waals surface area contributed by atoms with E-state index in [-0.39, 0.29) is 16.9 Å². The van der Waals surface area contributed by atoms with Gasteiger partial charge in [0.15, 0.2) is 5.11 Å². The van der Waals surface area contributed by atoms with E-state index in [0.717, 1.165) is 31.4 Å². The topological polar surface area (TPSA) is 83.4 Å². The molecule has 0 spiro atoms. The quantitative estimate of drug-likeness (QED) is 0.448. The van der Waals surface area contributed by atoms with Crippen LogP contribution in [0.15, 0.2) is 22.6 Å². The molecule has 0 bridgehead atoms. The first kappa shape index (κ1) is 17.2. The number of nitrogens with one attached hydrogen (secondary N) is 3. The molecule has 0 saturated heterocycles. The maximum Gasteiger partial charge on any atom is 0.250 e. The van der Waals surface area contributed by atoms with Crippen LogP contribution < -0.4 is 16.2 Å². The first-order valence-electron chi connectivity index (χ1n) is 7.70. The number of hydrogen-bond donors (Lipinski definition) is 3. The minimum Gasteiger partial charge on any atom is -0.462 e. The lowest BCUT2D eigenvalue weighted by molar-refractivity contribution is -0.126. The number of thiocarbonyl (C=S) groups is 1. The predicted molar refractivity (Wildman–Crippen MR) is 91.1 cm³/mol. The number of hydrazine groups is 1. The van der Waals surface area contributed by atoms with Crippen LogP contribution in [0.4, 0.5) is 0 Å². The van der Waals surface area contributed by atoms with E-state index in [4.69, 9.17) is 16.6 Å². The summed E-state index contributed by atoms with van der Waals surface area (Å²) in [6.07, 6.45) is 8.01. The minimum absolute atomic E-state index is 0.0249. The molecule has 2 amide bonds. The van der Waals surface area contributed by atoms with E-state index in [1.165, 1.54) is 12.5 Å². The van der Waals surface area contributed by atoms with Gasteiger partial charge in [0, 0.05) is 12.0 Å². The zero-order chi connectivity index (χ0) is 16.7. The number of furan rings is 1. The molecule has 0 aromatic carbocycles. The van der Waals surface area contributed by atoms with Crippen molar-refractivity contribution >= 4 is 35.2 Å². The molecule has 124 valence electrons. The molecule has 3 N–H and O–H groups in total. The zero-order valence-corrected chi connectivity index (χ0v) is 13.9. The van der Waals surface area contributed by atoms with Gasteiger partial charge in [0.2, 0.25) is 11.8 Å². The Labute approximate surface area is 140 Å². The molecule has 1 heterocycles. The Kier molecular flexibility index (Phi) is 6.34. The molecule has 0 radical (unpaired) electrons. The first-order chi connectivity index (χ1) is 11.0. The Morgan fingerprint density at radius 3 is 2.61 bits per heavy atom. The third kappa shape index (κ3) is 5.86. The molecule has 1 aliphatic carbocycles. The molecule has 23 heavy (non-hydrogen) atoms. The number of carbonyl (C=O) groups is 2. The summed E-state index contributed by atoms with van der Waals surface area (Å²) in [5, 5.41) is 2.51. The Morgan fingerprint density at radius 1 is 1.22 bits per heavy atom. The number of hydrogen-bond acceptors (Lipinski definition) is 4. The maximum absolute atomic E-state index is 11.9. The number of aryl methyl sites for hydroxylation is 1. The summed E-state index contributed by atoms with van der Waals surface area (Å²) in [4.78, 5) is 23.6. The van der Waals surface area contributed by atoms with Gasteiger partial charge in [0.1, 0.15) is 11.5 Å². The minimum atomic E-state index is -0.400. The van der Waals surface area contributed by atoms with E-state index in [1.807, 2.05) is 13.0 Å². The summed E-state index contributed by atoms with van der Waals surface area (Å²) in [5.74, 6) is 0.901. The molecule has 1 aromatic rings. The average Bonchev–Trinajstić information content (AvgIpc) is 2.97. The lowest BCUT2D eigenvalue weighted by Gasteiger charge is -2.21. The van der Waals surface area contributed by atoms with Gasteiger partial charge in [-0.3, -0.25) is 25.8 Å². The third-order valence-electron chi connectivity index (χ3n) is 3.67. The molecule has 7 heteroatoms. The molecule has 0 aliphatic heterocycles. The van der Waals surface area contributed by atoms with Gasteiger partial charge in [0.05, 0.1) is 0 Å². The number of amides is 2. The first-order valence-corrected chi connectivity index (χ1v) is 8.11. The Balaban J connectivity index is 1.70. The summed E-state index contributed by atoms with van der Waals surface area (Å²) in [5.41, 5.74) is 5.10. The van der Waals surface area contributed by atoms with Crippen LogP contribution in [0.1, 0.15) is 43.6 Å². The number of rotatable bonds is 3. The highest BCUT2D eigenvalue weighted by Gasteiger charge is 2.20. The maximum atomic E-state index is 11.9. The highest BCUT2D eigenvalue weighted by atomic mass is 32.1. The molecule has 0 atom stereocenters. The summed E-state index contributed by atoms with van der Waals surface area (Å²) in [6, 6.07) is 3.57. The zero-order valence-electron chi connectivity index (χ0n) is 13.1. The largest absolute Gasteiger partial charge is 0.462 e. The molecule has 1 fully saturated rings. The van der Waals surface area contributed by atoms with Crippen LogP contribution in [-0.2, 0) is 9.59 Å². The van der Waals surface area contributed by atoms with Crippen molar-refractivity contribution in [1.29, 1.82) is 0 Å². The van der Waals surface area contributed by atoms with Crippen molar-refractivity contribution in [3.8, 4) is 0 Å². The van der Waals surface area contributed by atoms with Crippen molar-refractivity contribution in [3.05, 3.63) is 29.7 Å². The summed E-state index contributed by atoms with van der Waals surface area (Å²) in [7, 11) is 0. The fraction of sp³-hybridized carbons (Fsp3) is 0.438. The average molecular weight is 335 g/mol. The van der Waals surface area contributed by atoms with Crippen LogP contribution in [0, 0.1) is 12.8 Å². The van der Waals surface area contributed by atoms with Gasteiger partial charge in [-0.2, -0.15) is 0 Å². The van der Waals surface area contributed by atoms with Gasteiger partial charge in [-0.25, -0.2) is 0 Å². The Bertz CT molecular complexity index is 603. The molecule has 0 unspecified atom stereocenters. The van der Waals surface area contributed by atoms with Gasteiger partial charge < -0.3 is 4.42 Å². The second-order valence-electron chi connectivity index (χ2n) is 5.55. The van der Waals surface area contributed by atoms with E-state index in [1.54, 1.807) is 12.1 Å². The molecule has 1 aliphatic rings. The van der Waals surface area contributed by atoms with Crippen LogP contribution in [0.25, 0.3) is 6.08 Å². The molecular weight excluding hydrogens is 314 g/mol.